The van der Waals surface area contributed by atoms with Crippen molar-refractivity contribution in [2.75, 3.05) is 18.1 Å². The van der Waals surface area contributed by atoms with E-state index >= 15 is 0 Å². The Labute approximate surface area is 241 Å². The fourth-order valence-electron chi connectivity index (χ4n) is 4.36. The molecule has 216 valence electrons. The Hall–Kier alpha value is -4.59. The first kappa shape index (κ1) is 30.9. The Morgan fingerprint density at radius 2 is 1.56 bits per heavy atom. The van der Waals surface area contributed by atoms with Crippen LogP contribution in [0, 0.1) is 0 Å². The number of aromatic carboxylic acids is 1. The Morgan fingerprint density at radius 3 is 2.24 bits per heavy atom. The molecule has 0 bridgehead atoms. The third-order valence-electron chi connectivity index (χ3n) is 6.61. The first-order valence-electron chi connectivity index (χ1n) is 13.9. The normalized spacial score (nSPS) is 11.0. The monoisotopic (exact) mass is 558 g/mol. The van der Waals surface area contributed by atoms with Crippen molar-refractivity contribution < 1.29 is 29.0 Å². The first-order chi connectivity index (χ1) is 19.8. The van der Waals surface area contributed by atoms with E-state index in [4.69, 9.17) is 20.9 Å². The molecule has 8 nitrogen and oxygen atoms in total. The van der Waals surface area contributed by atoms with Crippen LogP contribution in [0.15, 0.2) is 66.7 Å². The van der Waals surface area contributed by atoms with Crippen molar-refractivity contribution in [3.63, 3.8) is 0 Å². The number of nitrogen functional groups attached to an aromatic ring is 2. The molecule has 0 aliphatic rings. The quantitative estimate of drug-likeness (QED) is 0.0633. The number of aryl methyl sites for hydroxylation is 1. The Morgan fingerprint density at radius 1 is 0.854 bits per heavy atom. The van der Waals surface area contributed by atoms with E-state index in [0.29, 0.717) is 47.5 Å². The number of unbranched alkanes of at least 4 members (excludes halogenated alkanes) is 4. The molecule has 0 heterocycles. The van der Waals surface area contributed by atoms with Gasteiger partial charge in [0.15, 0.2) is 0 Å². The molecular formula is C33H38N2O6. The predicted octanol–water partition coefficient (Wildman–Crippen LogP) is 6.47. The number of hydrogen-bond acceptors (Lipinski definition) is 7. The fourth-order valence-corrected chi connectivity index (χ4v) is 4.36. The van der Waals surface area contributed by atoms with E-state index in [0.717, 1.165) is 24.8 Å². The number of nitrogens with two attached hydrogens (primary N) is 2. The number of benzene rings is 3. The number of carbonyl (C=O) groups excluding carboxylic acids is 2. The van der Waals surface area contributed by atoms with Gasteiger partial charge in [-0.25, -0.2) is 14.4 Å². The number of rotatable bonds is 15. The van der Waals surface area contributed by atoms with E-state index in [9.17, 15) is 19.5 Å². The number of carboxylic acid groups (broad SMARTS) is 1. The maximum absolute atomic E-state index is 12.4. The maximum Gasteiger partial charge on any atom is 0.338 e. The highest BCUT2D eigenvalue weighted by Gasteiger charge is 2.14. The van der Waals surface area contributed by atoms with E-state index < -0.39 is 17.9 Å². The van der Waals surface area contributed by atoms with Gasteiger partial charge in [0.25, 0.3) is 0 Å². The van der Waals surface area contributed by atoms with Crippen LogP contribution in [-0.4, -0.2) is 29.6 Å². The zero-order valence-electron chi connectivity index (χ0n) is 23.4. The molecule has 0 saturated carbocycles. The lowest BCUT2D eigenvalue weighted by Crippen LogP contribution is -2.08. The molecule has 5 N–H and O–H groups in total. The summed E-state index contributed by atoms with van der Waals surface area (Å²) in [6, 6.07) is 17.3. The maximum atomic E-state index is 12.4. The predicted molar refractivity (Wildman–Crippen MR) is 161 cm³/mol. The zero-order chi connectivity index (χ0) is 29.6. The first-order valence-corrected chi connectivity index (χ1v) is 13.9. The summed E-state index contributed by atoms with van der Waals surface area (Å²) < 4.78 is 10.7. The highest BCUT2D eigenvalue weighted by molar-refractivity contribution is 5.93. The lowest BCUT2D eigenvalue weighted by atomic mass is 9.98. The molecule has 0 fully saturated rings. The Balaban J connectivity index is 1.38. The third-order valence-corrected chi connectivity index (χ3v) is 6.61. The van der Waals surface area contributed by atoms with Crippen LogP contribution in [0.1, 0.15) is 82.9 Å². The Kier molecular flexibility index (Phi) is 12.0. The van der Waals surface area contributed by atoms with Gasteiger partial charge in [-0.1, -0.05) is 44.0 Å². The molecule has 3 aromatic carbocycles. The molecule has 0 aliphatic carbocycles. The lowest BCUT2D eigenvalue weighted by Gasteiger charge is -2.11. The minimum atomic E-state index is -1.06. The van der Waals surface area contributed by atoms with Crippen LogP contribution in [0.25, 0.3) is 6.08 Å². The topological polar surface area (TPSA) is 142 Å². The number of carboxylic acids is 1. The average Bonchev–Trinajstić information content (AvgIpc) is 2.95. The van der Waals surface area contributed by atoms with Crippen molar-refractivity contribution in [2.24, 2.45) is 0 Å². The fraction of sp³-hybridized carbons (Fsp3) is 0.303. The average molecular weight is 559 g/mol. The van der Waals surface area contributed by atoms with Gasteiger partial charge in [0.1, 0.15) is 5.75 Å². The molecule has 0 atom stereocenters. The van der Waals surface area contributed by atoms with Gasteiger partial charge in [0, 0.05) is 17.5 Å². The van der Waals surface area contributed by atoms with Gasteiger partial charge in [-0.2, -0.15) is 0 Å². The number of carbonyl (C=O) groups is 3. The third kappa shape index (κ3) is 10.1. The van der Waals surface area contributed by atoms with Crippen molar-refractivity contribution >= 4 is 35.4 Å². The van der Waals surface area contributed by atoms with Crippen LogP contribution in [0.2, 0.25) is 0 Å². The van der Waals surface area contributed by atoms with Crippen LogP contribution >= 0.6 is 0 Å². The van der Waals surface area contributed by atoms with Gasteiger partial charge in [0.2, 0.25) is 0 Å². The summed E-state index contributed by atoms with van der Waals surface area (Å²) >= 11 is 0. The van der Waals surface area contributed by atoms with Crippen LogP contribution in [0.4, 0.5) is 11.4 Å². The largest absolute Gasteiger partial charge is 0.478 e. The van der Waals surface area contributed by atoms with Gasteiger partial charge in [-0.15, -0.1) is 0 Å². The van der Waals surface area contributed by atoms with E-state index in [1.165, 1.54) is 30.5 Å². The number of esters is 2. The summed E-state index contributed by atoms with van der Waals surface area (Å²) in [4.78, 5) is 36.0. The van der Waals surface area contributed by atoms with Crippen LogP contribution in [-0.2, 0) is 22.4 Å². The smallest absolute Gasteiger partial charge is 0.338 e. The summed E-state index contributed by atoms with van der Waals surface area (Å²) in [7, 11) is 0. The minimum Gasteiger partial charge on any atom is -0.478 e. The second kappa shape index (κ2) is 15.9. The van der Waals surface area contributed by atoms with Crippen LogP contribution < -0.4 is 16.2 Å². The standard InChI is InChI=1S/C33H38N2O6/c1-2-3-5-8-23-12-17-27(18-13-23)41-31(36)19-14-24-10-15-25(16-11-24)33(39)40-20-7-4-6-9-28-29(32(37)38)21-26(34)22-30(28)35/h10-19,21-22H,2-9,20,34-35H2,1H3,(H,37,38)/b19-14+. The second-order valence-electron chi connectivity index (χ2n) is 9.87. The molecule has 0 aromatic heterocycles. The molecule has 0 spiro atoms. The van der Waals surface area contributed by atoms with Crippen molar-refractivity contribution in [3.05, 3.63) is 94.6 Å². The lowest BCUT2D eigenvalue weighted by molar-refractivity contribution is -0.128. The molecule has 0 aliphatic heterocycles. The molecule has 8 heteroatoms. The SMILES string of the molecule is CCCCCc1ccc(OC(=O)/C=C/c2ccc(C(=O)OCCCCCc3c(N)cc(N)cc3C(=O)O)cc2)cc1. The van der Waals surface area contributed by atoms with Gasteiger partial charge < -0.3 is 26.0 Å². The highest BCUT2D eigenvalue weighted by Crippen LogP contribution is 2.24. The molecule has 0 saturated heterocycles. The zero-order valence-corrected chi connectivity index (χ0v) is 23.4. The Bertz CT molecular complexity index is 1350. The minimum absolute atomic E-state index is 0.118. The van der Waals surface area contributed by atoms with Crippen molar-refractivity contribution in [2.45, 2.75) is 58.3 Å². The van der Waals surface area contributed by atoms with Gasteiger partial charge >= 0.3 is 17.9 Å². The van der Waals surface area contributed by atoms with Crippen LogP contribution in [0.3, 0.4) is 0 Å². The second-order valence-corrected chi connectivity index (χ2v) is 9.87. The number of anilines is 2. The molecule has 0 radical (unpaired) electrons. The van der Waals surface area contributed by atoms with E-state index in [2.05, 4.69) is 6.92 Å². The highest BCUT2D eigenvalue weighted by atomic mass is 16.5. The summed E-state index contributed by atoms with van der Waals surface area (Å²) in [5.41, 5.74) is 15.4. The molecular weight excluding hydrogens is 520 g/mol. The summed E-state index contributed by atoms with van der Waals surface area (Å²) in [5.74, 6) is -1.48. The number of hydrogen-bond donors (Lipinski definition) is 3. The van der Waals surface area contributed by atoms with Crippen molar-refractivity contribution in [1.82, 2.24) is 0 Å². The molecule has 41 heavy (non-hydrogen) atoms. The van der Waals surface area contributed by atoms with E-state index in [1.54, 1.807) is 48.5 Å². The molecule has 0 unspecified atom stereocenters. The summed E-state index contributed by atoms with van der Waals surface area (Å²) in [5, 5.41) is 9.39. The summed E-state index contributed by atoms with van der Waals surface area (Å²) in [6.07, 6.45) is 10.1. The van der Waals surface area contributed by atoms with Crippen LogP contribution in [0.5, 0.6) is 5.75 Å². The molecule has 3 rings (SSSR count). The van der Waals surface area contributed by atoms with Gasteiger partial charge in [0.05, 0.1) is 17.7 Å². The van der Waals surface area contributed by atoms with Gasteiger partial charge in [-0.3, -0.25) is 0 Å². The molecule has 0 amide bonds. The van der Waals surface area contributed by atoms with Crippen molar-refractivity contribution in [3.8, 4) is 5.75 Å². The molecule has 3 aromatic rings. The van der Waals surface area contributed by atoms with E-state index in [1.807, 2.05) is 12.1 Å². The van der Waals surface area contributed by atoms with E-state index in [-0.39, 0.29) is 12.2 Å². The summed E-state index contributed by atoms with van der Waals surface area (Å²) in [6.45, 7) is 2.42. The van der Waals surface area contributed by atoms with Crippen molar-refractivity contribution in [1.29, 1.82) is 0 Å². The number of ether oxygens (including phenoxy) is 2. The van der Waals surface area contributed by atoms with Gasteiger partial charge in [-0.05, 0) is 97.7 Å².